The lowest BCUT2D eigenvalue weighted by molar-refractivity contribution is -0.129. The highest BCUT2D eigenvalue weighted by atomic mass is 19.1. The molecule has 1 N–H and O–H groups in total. The van der Waals surface area contributed by atoms with Crippen LogP contribution < -0.4 is 0 Å². The number of esters is 1. The highest BCUT2D eigenvalue weighted by Gasteiger charge is 2.24. The second-order valence-electron chi connectivity index (χ2n) is 4.77. The molecule has 2 aromatic rings. The summed E-state index contributed by atoms with van der Waals surface area (Å²) in [7, 11) is 0. The Balaban J connectivity index is 1.90. The van der Waals surface area contributed by atoms with Crippen LogP contribution in [-0.2, 0) is 9.53 Å². The monoisotopic (exact) mass is 311 g/mol. The number of benzene rings is 2. The Kier molecular flexibility index (Phi) is 3.72. The van der Waals surface area contributed by atoms with Crippen molar-refractivity contribution in [2.45, 2.75) is 0 Å². The number of carboxylic acid groups (broad SMARTS) is 1. The lowest BCUT2D eigenvalue weighted by Gasteiger charge is -1.98. The fourth-order valence-electron chi connectivity index (χ4n) is 2.03. The van der Waals surface area contributed by atoms with E-state index in [0.717, 1.165) is 0 Å². The maximum atomic E-state index is 13.2. The number of carbonyl (C=O) groups excluding carboxylic acids is 1. The minimum absolute atomic E-state index is 0.0305. The van der Waals surface area contributed by atoms with Gasteiger partial charge < -0.3 is 9.84 Å². The number of hydrogen-bond donors (Lipinski definition) is 1. The fraction of sp³-hybridized carbons (Fsp3) is 0. The zero-order valence-electron chi connectivity index (χ0n) is 11.7. The molecular weight excluding hydrogens is 301 g/mol. The molecule has 0 bridgehead atoms. The van der Waals surface area contributed by atoms with E-state index in [-0.39, 0.29) is 17.2 Å². The second kappa shape index (κ2) is 5.84. The van der Waals surface area contributed by atoms with Crippen LogP contribution in [0.5, 0.6) is 0 Å². The lowest BCUT2D eigenvalue weighted by Crippen LogP contribution is -2.05. The topological polar surface area (TPSA) is 76.0 Å². The average molecular weight is 311 g/mol. The number of carbonyl (C=O) groups is 2. The number of rotatable bonds is 3. The van der Waals surface area contributed by atoms with Gasteiger partial charge in [-0.3, -0.25) is 0 Å². The van der Waals surface area contributed by atoms with E-state index < -0.39 is 17.8 Å². The van der Waals surface area contributed by atoms with Gasteiger partial charge in [0.25, 0.3) is 0 Å². The Labute approximate surface area is 130 Å². The number of hydrogen-bond acceptors (Lipinski definition) is 4. The zero-order valence-corrected chi connectivity index (χ0v) is 11.7. The van der Waals surface area contributed by atoms with Gasteiger partial charge >= 0.3 is 11.9 Å². The van der Waals surface area contributed by atoms with Crippen molar-refractivity contribution in [3.63, 3.8) is 0 Å². The predicted molar refractivity (Wildman–Crippen MR) is 80.4 cm³/mol. The molecule has 1 aliphatic rings. The molecule has 0 fully saturated rings. The van der Waals surface area contributed by atoms with Gasteiger partial charge in [-0.25, -0.2) is 19.0 Å². The Hall–Kier alpha value is -3.28. The van der Waals surface area contributed by atoms with Crippen LogP contribution in [0.15, 0.2) is 59.2 Å². The molecule has 0 saturated carbocycles. The largest absolute Gasteiger partial charge is 0.478 e. The van der Waals surface area contributed by atoms with Gasteiger partial charge in [0.2, 0.25) is 5.90 Å². The van der Waals surface area contributed by atoms with E-state index in [9.17, 15) is 14.0 Å². The maximum absolute atomic E-state index is 13.2. The first-order valence-electron chi connectivity index (χ1n) is 6.65. The molecule has 114 valence electrons. The summed E-state index contributed by atoms with van der Waals surface area (Å²) in [5.74, 6) is -2.10. The number of aromatic carboxylic acids is 1. The van der Waals surface area contributed by atoms with Crippen LogP contribution in [-0.4, -0.2) is 22.9 Å². The van der Waals surface area contributed by atoms with Crippen LogP contribution in [0.4, 0.5) is 4.39 Å². The van der Waals surface area contributed by atoms with Crippen molar-refractivity contribution in [1.82, 2.24) is 0 Å². The Bertz CT molecular complexity index is 853. The fourth-order valence-corrected chi connectivity index (χ4v) is 2.03. The first-order valence-corrected chi connectivity index (χ1v) is 6.65. The van der Waals surface area contributed by atoms with Gasteiger partial charge in [-0.15, -0.1) is 0 Å². The molecule has 0 unspecified atom stereocenters. The molecule has 1 heterocycles. The molecule has 3 rings (SSSR count). The van der Waals surface area contributed by atoms with Crippen LogP contribution >= 0.6 is 0 Å². The predicted octanol–water partition coefficient (Wildman–Crippen LogP) is 2.87. The number of carboxylic acids is 1. The molecule has 0 radical (unpaired) electrons. The third-order valence-corrected chi connectivity index (χ3v) is 3.15. The smallest absolute Gasteiger partial charge is 0.363 e. The molecule has 0 aromatic heterocycles. The molecule has 2 aromatic carbocycles. The number of cyclic esters (lactones) is 1. The minimum atomic E-state index is -1.03. The lowest BCUT2D eigenvalue weighted by atomic mass is 10.1. The van der Waals surface area contributed by atoms with Gasteiger partial charge in [0.15, 0.2) is 5.70 Å². The first-order chi connectivity index (χ1) is 11.0. The van der Waals surface area contributed by atoms with Crippen molar-refractivity contribution in [1.29, 1.82) is 0 Å². The third kappa shape index (κ3) is 3.16. The van der Waals surface area contributed by atoms with E-state index in [2.05, 4.69) is 4.99 Å². The van der Waals surface area contributed by atoms with Crippen molar-refractivity contribution in [3.8, 4) is 0 Å². The Morgan fingerprint density at radius 3 is 2.57 bits per heavy atom. The van der Waals surface area contributed by atoms with E-state index in [1.165, 1.54) is 36.4 Å². The van der Waals surface area contributed by atoms with E-state index >= 15 is 0 Å². The maximum Gasteiger partial charge on any atom is 0.363 e. The first kappa shape index (κ1) is 14.6. The van der Waals surface area contributed by atoms with Crippen molar-refractivity contribution in [2.75, 3.05) is 0 Å². The van der Waals surface area contributed by atoms with Crippen LogP contribution in [0.2, 0.25) is 0 Å². The van der Waals surface area contributed by atoms with Crippen molar-refractivity contribution in [2.24, 2.45) is 4.99 Å². The summed E-state index contributed by atoms with van der Waals surface area (Å²) in [6.07, 6.45) is 1.47. The van der Waals surface area contributed by atoms with Crippen molar-refractivity contribution in [3.05, 3.63) is 76.7 Å². The summed E-state index contributed by atoms with van der Waals surface area (Å²) in [5, 5.41) is 8.84. The van der Waals surface area contributed by atoms with Crippen molar-refractivity contribution < 1.29 is 23.8 Å². The van der Waals surface area contributed by atoms with Gasteiger partial charge in [-0.2, -0.15) is 0 Å². The van der Waals surface area contributed by atoms with Crippen LogP contribution in [0.1, 0.15) is 21.5 Å². The summed E-state index contributed by atoms with van der Waals surface area (Å²) in [6, 6.07) is 11.5. The zero-order chi connectivity index (χ0) is 16.4. The van der Waals surface area contributed by atoms with Crippen LogP contribution in [0, 0.1) is 5.82 Å². The highest BCUT2D eigenvalue weighted by molar-refractivity contribution is 6.12. The molecule has 6 heteroatoms. The summed E-state index contributed by atoms with van der Waals surface area (Å²) >= 11 is 0. The summed E-state index contributed by atoms with van der Waals surface area (Å²) in [6.45, 7) is 0. The van der Waals surface area contributed by atoms with Gasteiger partial charge in [-0.05, 0) is 42.0 Å². The molecule has 1 aliphatic heterocycles. The Morgan fingerprint density at radius 2 is 1.91 bits per heavy atom. The summed E-state index contributed by atoms with van der Waals surface area (Å²) in [4.78, 5) is 26.7. The molecular formula is C17H10FNO4. The molecule has 0 aliphatic carbocycles. The van der Waals surface area contributed by atoms with E-state index in [0.29, 0.717) is 11.1 Å². The molecule has 0 amide bonds. The minimum Gasteiger partial charge on any atom is -0.478 e. The summed E-state index contributed by atoms with van der Waals surface area (Å²) in [5.41, 5.74) is 1.17. The second-order valence-corrected chi connectivity index (χ2v) is 4.77. The van der Waals surface area contributed by atoms with Gasteiger partial charge in [0.05, 0.1) is 5.56 Å². The van der Waals surface area contributed by atoms with E-state index in [1.807, 2.05) is 0 Å². The number of aliphatic imine (C=N–C) groups is 1. The quantitative estimate of drug-likeness (QED) is 0.698. The van der Waals surface area contributed by atoms with Gasteiger partial charge in [0.1, 0.15) is 5.82 Å². The van der Waals surface area contributed by atoms with Crippen molar-refractivity contribution >= 4 is 23.9 Å². The normalized spacial score (nSPS) is 15.4. The summed E-state index contributed by atoms with van der Waals surface area (Å²) < 4.78 is 18.2. The standard InChI is InChI=1S/C17H10FNO4/c18-13-3-1-2-12(9-13)15-19-14(17(22)23-15)8-10-4-6-11(7-5-10)16(20)21/h1-9H,(H,20,21)/b14-8-. The van der Waals surface area contributed by atoms with Gasteiger partial charge in [-0.1, -0.05) is 18.2 Å². The average Bonchev–Trinajstić information content (AvgIpc) is 2.89. The number of nitrogens with zero attached hydrogens (tertiary/aromatic N) is 1. The highest BCUT2D eigenvalue weighted by Crippen LogP contribution is 2.19. The van der Waals surface area contributed by atoms with E-state index in [1.54, 1.807) is 18.2 Å². The molecule has 0 spiro atoms. The molecule has 5 nitrogen and oxygen atoms in total. The van der Waals surface area contributed by atoms with Gasteiger partial charge in [0, 0.05) is 5.56 Å². The van der Waals surface area contributed by atoms with E-state index in [4.69, 9.17) is 9.84 Å². The third-order valence-electron chi connectivity index (χ3n) is 3.15. The van der Waals surface area contributed by atoms with Crippen LogP contribution in [0.3, 0.4) is 0 Å². The molecule has 0 saturated heterocycles. The molecule has 23 heavy (non-hydrogen) atoms. The van der Waals surface area contributed by atoms with Crippen LogP contribution in [0.25, 0.3) is 6.08 Å². The SMILES string of the molecule is O=C1OC(c2cccc(F)c2)=N/C1=C\c1ccc(C(=O)O)cc1. The molecule has 0 atom stereocenters. The number of halogens is 1. The Morgan fingerprint density at radius 1 is 1.17 bits per heavy atom. The number of ether oxygens (including phenoxy) is 1.